The van der Waals surface area contributed by atoms with Gasteiger partial charge < -0.3 is 28.9 Å². The highest BCUT2D eigenvalue weighted by molar-refractivity contribution is 5.70. The first-order valence-electron chi connectivity index (χ1n) is 14.6. The lowest BCUT2D eigenvalue weighted by Gasteiger charge is -2.24. The van der Waals surface area contributed by atoms with Gasteiger partial charge in [0.2, 0.25) is 0 Å². The van der Waals surface area contributed by atoms with Crippen LogP contribution in [-0.2, 0) is 23.8 Å². The van der Waals surface area contributed by atoms with Gasteiger partial charge in [0.25, 0.3) is 6.29 Å². The number of esters is 1. The largest absolute Gasteiger partial charge is 0.477 e. The molecule has 0 heterocycles. The zero-order chi connectivity index (χ0) is 28.5. The molecule has 8 heteroatoms. The molecule has 0 spiro atoms. The van der Waals surface area contributed by atoms with Gasteiger partial charge in [-0.1, -0.05) is 76.2 Å². The molecule has 0 radical (unpaired) electrons. The van der Waals surface area contributed by atoms with Crippen molar-refractivity contribution in [3.8, 4) is 0 Å². The fraction of sp³-hybridized carbons (Fsp3) is 0.800. The summed E-state index contributed by atoms with van der Waals surface area (Å²) in [6.07, 6.45) is 21.9. The van der Waals surface area contributed by atoms with Gasteiger partial charge in [-0.2, -0.15) is 0 Å². The van der Waals surface area contributed by atoms with Crippen molar-refractivity contribution in [2.45, 2.75) is 109 Å². The molecular weight excluding hydrogens is 486 g/mol. The van der Waals surface area contributed by atoms with Crippen LogP contribution in [0.2, 0.25) is 0 Å². The first kappa shape index (κ1) is 36.3. The van der Waals surface area contributed by atoms with E-state index in [0.29, 0.717) is 17.4 Å². The van der Waals surface area contributed by atoms with E-state index in [-0.39, 0.29) is 25.8 Å². The van der Waals surface area contributed by atoms with Gasteiger partial charge in [0.1, 0.15) is 19.3 Å². The number of unbranched alkanes of at least 4 members (excludes halogenated alkanes) is 10. The summed E-state index contributed by atoms with van der Waals surface area (Å²) in [6, 6.07) is 0. The first-order valence-corrected chi connectivity index (χ1v) is 14.6. The highest BCUT2D eigenvalue weighted by Gasteiger charge is 2.22. The van der Waals surface area contributed by atoms with Crippen LogP contribution < -0.4 is 0 Å². The van der Waals surface area contributed by atoms with E-state index in [2.05, 4.69) is 31.2 Å². The summed E-state index contributed by atoms with van der Waals surface area (Å²) < 4.78 is 16.1. The molecule has 8 nitrogen and oxygen atoms in total. The summed E-state index contributed by atoms with van der Waals surface area (Å²) in [6.45, 7) is 2.53. The van der Waals surface area contributed by atoms with Gasteiger partial charge in [0.15, 0.2) is 0 Å². The van der Waals surface area contributed by atoms with E-state index in [9.17, 15) is 19.8 Å². The maximum absolute atomic E-state index is 11.9. The second-order valence-corrected chi connectivity index (χ2v) is 10.9. The quantitative estimate of drug-likeness (QED) is 0.0480. The first-order chi connectivity index (χ1) is 18.2. The minimum atomic E-state index is -1.46. The molecule has 0 saturated heterocycles. The molecule has 38 heavy (non-hydrogen) atoms. The fourth-order valence-electron chi connectivity index (χ4n) is 3.57. The molecule has 0 rings (SSSR count). The molecule has 0 aromatic rings. The number of aliphatic hydroxyl groups is 1. The lowest BCUT2D eigenvalue weighted by molar-refractivity contribution is -0.870. The van der Waals surface area contributed by atoms with E-state index >= 15 is 0 Å². The van der Waals surface area contributed by atoms with E-state index < -0.39 is 18.4 Å². The van der Waals surface area contributed by atoms with E-state index in [1.807, 2.05) is 21.1 Å². The number of aliphatic hydroxyl groups excluding tert-OH is 1. The van der Waals surface area contributed by atoms with Gasteiger partial charge in [-0.25, -0.2) is 4.79 Å². The molecule has 222 valence electrons. The number of carbonyl (C=O) groups excluding carboxylic acids is 1. The monoisotopic (exact) mass is 542 g/mol. The summed E-state index contributed by atoms with van der Waals surface area (Å²) >= 11 is 0. The van der Waals surface area contributed by atoms with Gasteiger partial charge in [0, 0.05) is 6.42 Å². The molecular formula is C30H56NO7+. The van der Waals surface area contributed by atoms with Crippen molar-refractivity contribution in [3.63, 3.8) is 0 Å². The second kappa shape index (κ2) is 24.3. The molecule has 2 atom stereocenters. The van der Waals surface area contributed by atoms with Crippen molar-refractivity contribution in [3.05, 3.63) is 24.3 Å². The predicted molar refractivity (Wildman–Crippen MR) is 152 cm³/mol. The van der Waals surface area contributed by atoms with E-state index in [4.69, 9.17) is 14.2 Å². The number of rotatable bonds is 26. The van der Waals surface area contributed by atoms with Crippen LogP contribution in [0.5, 0.6) is 0 Å². The van der Waals surface area contributed by atoms with Gasteiger partial charge in [-0.15, -0.1) is 0 Å². The third-order valence-electron chi connectivity index (χ3n) is 5.94. The van der Waals surface area contributed by atoms with E-state index in [0.717, 1.165) is 32.1 Å². The topological polar surface area (TPSA) is 102 Å². The van der Waals surface area contributed by atoms with Gasteiger partial charge >= 0.3 is 11.9 Å². The van der Waals surface area contributed by atoms with Crippen molar-refractivity contribution in [1.29, 1.82) is 0 Å². The molecule has 0 aliphatic carbocycles. The van der Waals surface area contributed by atoms with Crippen LogP contribution >= 0.6 is 0 Å². The van der Waals surface area contributed by atoms with Crippen molar-refractivity contribution in [2.24, 2.45) is 0 Å². The minimum absolute atomic E-state index is 0.209. The van der Waals surface area contributed by atoms with Gasteiger partial charge in [-0.05, 0) is 38.5 Å². The Kier molecular flexibility index (Phi) is 23.2. The van der Waals surface area contributed by atoms with Gasteiger partial charge in [0.05, 0.1) is 34.4 Å². The van der Waals surface area contributed by atoms with E-state index in [1.54, 1.807) is 0 Å². The number of allylic oxidation sites excluding steroid dienone is 4. The average Bonchev–Trinajstić information content (AvgIpc) is 2.85. The molecule has 0 aromatic carbocycles. The summed E-state index contributed by atoms with van der Waals surface area (Å²) in [5.74, 6) is -1.62. The lowest BCUT2D eigenvalue weighted by Crippen LogP contribution is -2.40. The van der Waals surface area contributed by atoms with Crippen LogP contribution in [0.4, 0.5) is 0 Å². The van der Waals surface area contributed by atoms with Crippen LogP contribution in [-0.4, -0.2) is 86.5 Å². The zero-order valence-electron chi connectivity index (χ0n) is 24.6. The number of carbonyl (C=O) groups is 2. The van der Waals surface area contributed by atoms with Crippen LogP contribution in [0.3, 0.4) is 0 Å². The second-order valence-electron chi connectivity index (χ2n) is 10.9. The van der Waals surface area contributed by atoms with Crippen molar-refractivity contribution in [1.82, 2.24) is 0 Å². The molecule has 0 saturated carbocycles. The molecule has 0 fully saturated rings. The minimum Gasteiger partial charge on any atom is -0.477 e. The average molecular weight is 543 g/mol. The Bertz CT molecular complexity index is 643. The lowest BCUT2D eigenvalue weighted by atomic mass is 10.1. The SMILES string of the molecule is CCCCC/C=C\C/C=C\CCCCCCCCCC(=O)OCC(O)COC(OCC[N+](C)(C)C)C(=O)O. The van der Waals surface area contributed by atoms with Crippen molar-refractivity contribution < 1.29 is 38.5 Å². The number of hydrogen-bond acceptors (Lipinski definition) is 6. The molecule has 0 bridgehead atoms. The third kappa shape index (κ3) is 25.9. The maximum Gasteiger partial charge on any atom is 0.361 e. The highest BCUT2D eigenvalue weighted by atomic mass is 16.7. The molecule has 0 aromatic heterocycles. The smallest absolute Gasteiger partial charge is 0.361 e. The zero-order valence-corrected chi connectivity index (χ0v) is 24.6. The number of hydrogen-bond donors (Lipinski definition) is 2. The number of ether oxygens (including phenoxy) is 3. The van der Waals surface area contributed by atoms with Gasteiger partial charge in [-0.3, -0.25) is 4.79 Å². The summed E-state index contributed by atoms with van der Waals surface area (Å²) in [5, 5.41) is 19.1. The number of quaternary nitrogens is 1. The Morgan fingerprint density at radius 3 is 1.95 bits per heavy atom. The fourth-order valence-corrected chi connectivity index (χ4v) is 3.57. The number of nitrogens with zero attached hydrogens (tertiary/aromatic N) is 1. The molecule has 2 N–H and O–H groups in total. The number of aliphatic carboxylic acids is 1. The van der Waals surface area contributed by atoms with Crippen molar-refractivity contribution in [2.75, 3.05) is 47.5 Å². The third-order valence-corrected chi connectivity index (χ3v) is 5.94. The highest BCUT2D eigenvalue weighted by Crippen LogP contribution is 2.11. The van der Waals surface area contributed by atoms with Crippen LogP contribution in [0.15, 0.2) is 24.3 Å². The molecule has 2 unspecified atom stereocenters. The van der Waals surface area contributed by atoms with Crippen LogP contribution in [0.25, 0.3) is 0 Å². The molecule has 0 aliphatic heterocycles. The Labute approximate surface area is 231 Å². The Hall–Kier alpha value is -1.74. The standard InChI is InChI=1S/C30H55NO7/c1-5-6-7-8-9-10-11-12-13-14-15-16-17-18-19-20-21-22-28(33)37-25-27(32)26-38-30(29(34)35)36-24-23-31(2,3)4/h9-10,12-13,27,30,32H,5-8,11,14-26H2,1-4H3/p+1/b10-9-,13-12-. The number of carboxylic acid groups (broad SMARTS) is 1. The summed E-state index contributed by atoms with van der Waals surface area (Å²) in [4.78, 5) is 23.1. The molecule has 0 aliphatic rings. The summed E-state index contributed by atoms with van der Waals surface area (Å²) in [5.41, 5.74) is 0. The van der Waals surface area contributed by atoms with Crippen LogP contribution in [0, 0.1) is 0 Å². The number of likely N-dealkylation sites (N-methyl/N-ethyl adjacent to an activating group) is 1. The Balaban J connectivity index is 3.65. The van der Waals surface area contributed by atoms with Crippen molar-refractivity contribution >= 4 is 11.9 Å². The normalized spacial score (nSPS) is 13.8. The van der Waals surface area contributed by atoms with Crippen LogP contribution in [0.1, 0.15) is 96.8 Å². The number of carboxylic acids is 1. The molecule has 0 amide bonds. The Morgan fingerprint density at radius 1 is 0.789 bits per heavy atom. The maximum atomic E-state index is 11.9. The Morgan fingerprint density at radius 2 is 1.37 bits per heavy atom. The van der Waals surface area contributed by atoms with E-state index in [1.165, 1.54) is 51.4 Å². The predicted octanol–water partition coefficient (Wildman–Crippen LogP) is 5.63. The summed E-state index contributed by atoms with van der Waals surface area (Å²) in [7, 11) is 5.90.